The van der Waals surface area contributed by atoms with Gasteiger partial charge in [0.25, 0.3) is 5.56 Å². The minimum atomic E-state index is 0.0223. The molecule has 0 aliphatic rings. The van der Waals surface area contributed by atoms with Gasteiger partial charge in [-0.05, 0) is 31.5 Å². The van der Waals surface area contributed by atoms with Gasteiger partial charge in [-0.25, -0.2) is 9.97 Å². The van der Waals surface area contributed by atoms with E-state index < -0.39 is 0 Å². The highest BCUT2D eigenvalue weighted by Crippen LogP contribution is 2.30. The number of thioether (sulfide) groups is 1. The van der Waals surface area contributed by atoms with Crippen molar-refractivity contribution in [3.63, 3.8) is 0 Å². The molecule has 0 amide bonds. The van der Waals surface area contributed by atoms with Gasteiger partial charge in [0, 0.05) is 28.7 Å². The van der Waals surface area contributed by atoms with E-state index >= 15 is 0 Å². The zero-order valence-corrected chi connectivity index (χ0v) is 17.6. The molecule has 1 aromatic carbocycles. The third-order valence-electron chi connectivity index (χ3n) is 4.30. The minimum absolute atomic E-state index is 0.0223. The Morgan fingerprint density at radius 1 is 1.19 bits per heavy atom. The molecule has 0 radical (unpaired) electrons. The maximum atomic E-state index is 12.7. The second kappa shape index (κ2) is 7.46. The Kier molecular flexibility index (Phi) is 5.03. The SMILES string of the molecule is Cc1sc2nc(SCc3csc(Nc4ccccc4)n3)n(C)c(=O)c2c1C. The number of hydrogen-bond donors (Lipinski definition) is 1. The lowest BCUT2D eigenvalue weighted by atomic mass is 10.2. The van der Waals surface area contributed by atoms with Crippen molar-refractivity contribution < 1.29 is 0 Å². The minimum Gasteiger partial charge on any atom is -0.332 e. The number of benzene rings is 1. The maximum Gasteiger partial charge on any atom is 0.262 e. The van der Waals surface area contributed by atoms with Crippen LogP contribution in [0.2, 0.25) is 0 Å². The number of nitrogens with one attached hydrogen (secondary N) is 1. The zero-order valence-electron chi connectivity index (χ0n) is 15.1. The zero-order chi connectivity index (χ0) is 19.0. The molecule has 0 aliphatic heterocycles. The van der Waals surface area contributed by atoms with E-state index in [2.05, 4.69) is 10.3 Å². The maximum absolute atomic E-state index is 12.7. The molecule has 0 saturated heterocycles. The Bertz CT molecular complexity index is 1160. The molecule has 138 valence electrons. The number of hydrogen-bond acceptors (Lipinski definition) is 7. The summed E-state index contributed by atoms with van der Waals surface area (Å²) in [4.78, 5) is 24.0. The Morgan fingerprint density at radius 3 is 2.74 bits per heavy atom. The van der Waals surface area contributed by atoms with Crippen LogP contribution in [-0.4, -0.2) is 14.5 Å². The number of anilines is 2. The van der Waals surface area contributed by atoms with E-state index in [9.17, 15) is 4.79 Å². The van der Waals surface area contributed by atoms with Gasteiger partial charge in [-0.15, -0.1) is 22.7 Å². The van der Waals surface area contributed by atoms with Crippen molar-refractivity contribution in [1.82, 2.24) is 14.5 Å². The first kappa shape index (κ1) is 18.2. The molecule has 5 nitrogen and oxygen atoms in total. The molecule has 27 heavy (non-hydrogen) atoms. The van der Waals surface area contributed by atoms with E-state index in [1.807, 2.05) is 49.6 Å². The van der Waals surface area contributed by atoms with Gasteiger partial charge in [0.1, 0.15) is 4.83 Å². The first-order valence-electron chi connectivity index (χ1n) is 8.39. The summed E-state index contributed by atoms with van der Waals surface area (Å²) in [5.74, 6) is 0.669. The molecule has 0 bridgehead atoms. The third kappa shape index (κ3) is 3.65. The summed E-state index contributed by atoms with van der Waals surface area (Å²) >= 11 is 4.69. The summed E-state index contributed by atoms with van der Waals surface area (Å²) < 4.78 is 1.64. The molecule has 0 fully saturated rings. The molecule has 1 N–H and O–H groups in total. The first-order chi connectivity index (χ1) is 13.0. The smallest absolute Gasteiger partial charge is 0.262 e. The Balaban J connectivity index is 1.52. The fourth-order valence-corrected chi connectivity index (χ4v) is 5.47. The lowest BCUT2D eigenvalue weighted by molar-refractivity contribution is 0.727. The van der Waals surface area contributed by atoms with Gasteiger partial charge >= 0.3 is 0 Å². The van der Waals surface area contributed by atoms with Gasteiger partial charge in [0.15, 0.2) is 10.3 Å². The van der Waals surface area contributed by atoms with Gasteiger partial charge in [-0.2, -0.15) is 0 Å². The first-order valence-corrected chi connectivity index (χ1v) is 11.1. The lowest BCUT2D eigenvalue weighted by Crippen LogP contribution is -2.19. The number of fused-ring (bicyclic) bond motifs is 1. The van der Waals surface area contributed by atoms with Crippen molar-refractivity contribution in [2.24, 2.45) is 7.05 Å². The van der Waals surface area contributed by atoms with Gasteiger partial charge < -0.3 is 5.32 Å². The molecule has 4 rings (SSSR count). The van der Waals surface area contributed by atoms with Crippen LogP contribution in [-0.2, 0) is 12.8 Å². The standard InChI is InChI=1S/C19H18N4OS3/c1-11-12(2)27-16-15(11)17(24)23(3)19(22-16)26-10-14-9-25-18(21-14)20-13-7-5-4-6-8-13/h4-9H,10H2,1-3H3,(H,20,21). The molecule has 4 aromatic rings. The van der Waals surface area contributed by atoms with Crippen molar-refractivity contribution in [3.05, 3.63) is 62.2 Å². The number of nitrogens with zero attached hydrogens (tertiary/aromatic N) is 3. The summed E-state index contributed by atoms with van der Waals surface area (Å²) in [6.45, 7) is 4.02. The number of aromatic nitrogens is 3. The molecule has 0 atom stereocenters. The highest BCUT2D eigenvalue weighted by molar-refractivity contribution is 7.98. The topological polar surface area (TPSA) is 59.8 Å². The Morgan fingerprint density at radius 2 is 1.96 bits per heavy atom. The lowest BCUT2D eigenvalue weighted by Gasteiger charge is -2.06. The Labute approximate surface area is 169 Å². The van der Waals surface area contributed by atoms with Crippen LogP contribution in [0, 0.1) is 13.8 Å². The van der Waals surface area contributed by atoms with Gasteiger partial charge in [-0.3, -0.25) is 9.36 Å². The number of para-hydroxylation sites is 1. The number of thiophene rings is 1. The number of aryl methyl sites for hydroxylation is 2. The van der Waals surface area contributed by atoms with E-state index in [4.69, 9.17) is 4.98 Å². The third-order valence-corrected chi connectivity index (χ3v) is 7.27. The molecule has 3 aromatic heterocycles. The predicted molar refractivity (Wildman–Crippen MR) is 116 cm³/mol. The van der Waals surface area contributed by atoms with E-state index in [1.165, 1.54) is 11.8 Å². The summed E-state index contributed by atoms with van der Waals surface area (Å²) in [6, 6.07) is 9.98. The van der Waals surface area contributed by atoms with Crippen molar-refractivity contribution in [3.8, 4) is 0 Å². The van der Waals surface area contributed by atoms with Crippen LogP contribution in [0.4, 0.5) is 10.8 Å². The second-order valence-corrected chi connectivity index (χ2v) is 9.15. The average molecular weight is 415 g/mol. The fourth-order valence-electron chi connectivity index (χ4n) is 2.70. The second-order valence-electron chi connectivity index (χ2n) is 6.15. The highest BCUT2D eigenvalue weighted by atomic mass is 32.2. The van der Waals surface area contributed by atoms with Crippen LogP contribution in [0.1, 0.15) is 16.1 Å². The molecule has 8 heteroatoms. The van der Waals surface area contributed by atoms with Gasteiger partial charge in [0.2, 0.25) is 0 Å². The van der Waals surface area contributed by atoms with E-state index in [-0.39, 0.29) is 5.56 Å². The number of thiazole rings is 1. The van der Waals surface area contributed by atoms with E-state index in [0.29, 0.717) is 5.75 Å². The predicted octanol–water partition coefficient (Wildman–Crippen LogP) is 5.10. The van der Waals surface area contributed by atoms with Crippen LogP contribution < -0.4 is 10.9 Å². The summed E-state index contributed by atoms with van der Waals surface area (Å²) in [5.41, 5.74) is 3.05. The molecular formula is C19H18N4OS3. The summed E-state index contributed by atoms with van der Waals surface area (Å²) in [6.07, 6.45) is 0. The molecule has 0 saturated carbocycles. The molecule has 0 unspecified atom stereocenters. The summed E-state index contributed by atoms with van der Waals surface area (Å²) in [5, 5.41) is 7.67. The summed E-state index contributed by atoms with van der Waals surface area (Å²) in [7, 11) is 1.78. The quantitative estimate of drug-likeness (QED) is 0.363. The van der Waals surface area contributed by atoms with Crippen molar-refractivity contribution in [1.29, 1.82) is 0 Å². The molecule has 3 heterocycles. The van der Waals surface area contributed by atoms with Crippen LogP contribution in [0.25, 0.3) is 10.2 Å². The van der Waals surface area contributed by atoms with Crippen LogP contribution in [0.3, 0.4) is 0 Å². The van der Waals surface area contributed by atoms with Crippen molar-refractivity contribution in [2.75, 3.05) is 5.32 Å². The monoisotopic (exact) mass is 414 g/mol. The molecule has 0 aliphatic carbocycles. The van der Waals surface area contributed by atoms with E-state index in [0.717, 1.165) is 42.3 Å². The largest absolute Gasteiger partial charge is 0.332 e. The van der Waals surface area contributed by atoms with Crippen LogP contribution in [0.5, 0.6) is 0 Å². The van der Waals surface area contributed by atoms with Crippen molar-refractivity contribution >= 4 is 55.5 Å². The van der Waals surface area contributed by atoms with Gasteiger partial charge in [0.05, 0.1) is 11.1 Å². The Hall–Kier alpha value is -2.16. The average Bonchev–Trinajstić information content (AvgIpc) is 3.22. The molecular weight excluding hydrogens is 396 g/mol. The van der Waals surface area contributed by atoms with Gasteiger partial charge in [-0.1, -0.05) is 30.0 Å². The van der Waals surface area contributed by atoms with E-state index in [1.54, 1.807) is 34.3 Å². The highest BCUT2D eigenvalue weighted by Gasteiger charge is 2.15. The fraction of sp³-hybridized carbons (Fsp3) is 0.211. The van der Waals surface area contributed by atoms with Crippen LogP contribution >= 0.6 is 34.4 Å². The molecule has 0 spiro atoms. The number of rotatable bonds is 5. The normalized spacial score (nSPS) is 11.2. The van der Waals surface area contributed by atoms with Crippen LogP contribution in [0.15, 0.2) is 45.7 Å². The van der Waals surface area contributed by atoms with Crippen molar-refractivity contribution in [2.45, 2.75) is 24.8 Å².